The number of rotatable bonds is 13. The Balaban J connectivity index is 1.42. The molecule has 2 aromatic rings. The number of nitrogens with one attached hydrogen (secondary N) is 2. The summed E-state index contributed by atoms with van der Waals surface area (Å²) in [5.74, 6) is -2.81. The van der Waals surface area contributed by atoms with Crippen molar-refractivity contribution in [3.63, 3.8) is 0 Å². The summed E-state index contributed by atoms with van der Waals surface area (Å²) < 4.78 is 10.9. The molecule has 0 amide bonds. The van der Waals surface area contributed by atoms with Crippen LogP contribution in [-0.4, -0.2) is 121 Å². The van der Waals surface area contributed by atoms with Crippen LogP contribution in [0.5, 0.6) is 11.5 Å². The Labute approximate surface area is 330 Å². The van der Waals surface area contributed by atoms with E-state index in [0.717, 1.165) is 52.1 Å². The maximum atomic E-state index is 13.9. The number of morpholine rings is 2. The molecule has 2 aliphatic carbocycles. The van der Waals surface area contributed by atoms with Gasteiger partial charge >= 0.3 is 0 Å². The molecular weight excluding hydrogens is 713 g/mol. The van der Waals surface area contributed by atoms with E-state index >= 15 is 0 Å². The predicted molar refractivity (Wildman–Crippen MR) is 219 cm³/mol. The van der Waals surface area contributed by atoms with Crippen molar-refractivity contribution in [2.24, 2.45) is 11.8 Å². The number of benzene rings is 2. The zero-order valence-electron chi connectivity index (χ0n) is 33.7. The number of nitrogens with zero attached hydrogens (tertiary/aromatic N) is 2. The van der Waals surface area contributed by atoms with Crippen molar-refractivity contribution < 1.29 is 39.5 Å². The van der Waals surface area contributed by atoms with Gasteiger partial charge in [0.05, 0.1) is 37.6 Å². The monoisotopic (exact) mass is 770 g/mol. The Morgan fingerprint density at radius 1 is 0.625 bits per heavy atom. The fourth-order valence-electron chi connectivity index (χ4n) is 8.44. The third-order valence-corrected chi connectivity index (χ3v) is 11.2. The van der Waals surface area contributed by atoms with Gasteiger partial charge in [-0.3, -0.25) is 19.4 Å². The minimum absolute atomic E-state index is 0.120. The molecule has 12 nitrogen and oxygen atoms in total. The van der Waals surface area contributed by atoms with Crippen LogP contribution < -0.4 is 10.6 Å². The lowest BCUT2D eigenvalue weighted by molar-refractivity contribution is -0.113. The number of aliphatic hydroxyl groups is 2. The molecule has 302 valence electrons. The van der Waals surface area contributed by atoms with Crippen molar-refractivity contribution in [3.05, 3.63) is 69.4 Å². The largest absolute Gasteiger partial charge is 0.507 e. The van der Waals surface area contributed by atoms with Gasteiger partial charge in [-0.25, -0.2) is 0 Å². The molecule has 4 aliphatic rings. The molecule has 2 heterocycles. The van der Waals surface area contributed by atoms with Gasteiger partial charge < -0.3 is 40.5 Å². The summed E-state index contributed by atoms with van der Waals surface area (Å²) >= 11 is 0. The quantitative estimate of drug-likeness (QED) is 0.109. The number of allylic oxidation sites excluding steroid dienone is 4. The van der Waals surface area contributed by atoms with Crippen LogP contribution >= 0.6 is 0 Å². The summed E-state index contributed by atoms with van der Waals surface area (Å²) in [5.41, 5.74) is 4.56. The number of carbonyl (C=O) groups is 2. The molecule has 2 aliphatic heterocycles. The summed E-state index contributed by atoms with van der Waals surface area (Å²) in [4.78, 5) is 32.4. The lowest BCUT2D eigenvalue weighted by atomic mass is 9.75. The van der Waals surface area contributed by atoms with Gasteiger partial charge in [-0.2, -0.15) is 0 Å². The zero-order valence-corrected chi connectivity index (χ0v) is 33.7. The van der Waals surface area contributed by atoms with Gasteiger partial charge in [0.25, 0.3) is 0 Å². The van der Waals surface area contributed by atoms with Crippen LogP contribution in [0.25, 0.3) is 33.4 Å². The highest BCUT2D eigenvalue weighted by Crippen LogP contribution is 2.53. The summed E-state index contributed by atoms with van der Waals surface area (Å²) in [5, 5.41) is 53.7. The molecule has 56 heavy (non-hydrogen) atoms. The van der Waals surface area contributed by atoms with Crippen molar-refractivity contribution in [2.75, 3.05) is 78.8 Å². The first-order valence-corrected chi connectivity index (χ1v) is 20.0. The van der Waals surface area contributed by atoms with Crippen molar-refractivity contribution in [2.45, 2.75) is 54.4 Å². The zero-order chi connectivity index (χ0) is 40.3. The van der Waals surface area contributed by atoms with Gasteiger partial charge in [0.2, 0.25) is 11.6 Å². The average Bonchev–Trinajstić information content (AvgIpc) is 3.16. The molecular formula is C44H58N4O8. The Morgan fingerprint density at radius 2 is 0.982 bits per heavy atom. The van der Waals surface area contributed by atoms with Crippen LogP contribution in [0.1, 0.15) is 73.9 Å². The van der Waals surface area contributed by atoms with Crippen LogP contribution in [-0.2, 0) is 19.1 Å². The minimum atomic E-state index is -0.601. The molecule has 0 radical (unpaired) electrons. The van der Waals surface area contributed by atoms with Gasteiger partial charge in [0.1, 0.15) is 11.5 Å². The Morgan fingerprint density at radius 3 is 1.32 bits per heavy atom. The summed E-state index contributed by atoms with van der Waals surface area (Å²) in [7, 11) is 0. The van der Waals surface area contributed by atoms with Gasteiger partial charge in [0, 0.05) is 85.1 Å². The smallest absolute Gasteiger partial charge is 0.229 e. The van der Waals surface area contributed by atoms with Gasteiger partial charge in [-0.05, 0) is 73.9 Å². The standard InChI is InChI=1S/C44H58N4O8/c1-25(2)33-29-21-27(5)35(41(51)37(29)31(39(49)43(33)53)23-45-9-7-11-47-13-17-55-18-14-47)36-28(6)22-30-34(26(3)4)44(54)40(50)32(38(30)42(36)52)24-46-10-8-12-48-15-19-56-20-16-48/h21-26,45-46,51-54H,7-20H2,1-6H3/b31-23-,32-24-. The highest BCUT2D eigenvalue weighted by atomic mass is 16.5. The number of aromatic hydroxyl groups is 2. The van der Waals surface area contributed by atoms with Crippen molar-refractivity contribution in [3.8, 4) is 22.6 Å². The lowest BCUT2D eigenvalue weighted by Gasteiger charge is -2.30. The first kappa shape index (κ1) is 41.0. The van der Waals surface area contributed by atoms with E-state index in [-0.39, 0.29) is 57.1 Å². The molecule has 0 bridgehead atoms. The van der Waals surface area contributed by atoms with E-state index < -0.39 is 11.6 Å². The topological polar surface area (TPSA) is 164 Å². The first-order valence-electron chi connectivity index (χ1n) is 20.0. The van der Waals surface area contributed by atoms with E-state index in [2.05, 4.69) is 20.4 Å². The second-order valence-electron chi connectivity index (χ2n) is 15.8. The molecule has 6 N–H and O–H groups in total. The van der Waals surface area contributed by atoms with Crippen LogP contribution in [0.4, 0.5) is 0 Å². The minimum Gasteiger partial charge on any atom is -0.507 e. The van der Waals surface area contributed by atoms with Crippen molar-refractivity contribution in [1.29, 1.82) is 0 Å². The maximum absolute atomic E-state index is 13.9. The number of Topliss-reactive ketones (excluding diaryl/α,β-unsaturated/α-hetero) is 2. The number of phenols is 2. The maximum Gasteiger partial charge on any atom is 0.229 e. The molecule has 2 saturated heterocycles. The molecule has 12 heteroatoms. The van der Waals surface area contributed by atoms with Crippen LogP contribution in [0.3, 0.4) is 0 Å². The summed E-state index contributed by atoms with van der Waals surface area (Å²) in [6, 6.07) is 3.69. The molecule has 2 fully saturated rings. The number of carbonyl (C=O) groups excluding carboxylic acids is 2. The molecule has 0 aromatic heterocycles. The van der Waals surface area contributed by atoms with Crippen LogP contribution in [0.15, 0.2) is 36.1 Å². The molecule has 2 aromatic carbocycles. The number of aryl methyl sites for hydroxylation is 2. The molecule has 6 rings (SSSR count). The van der Waals surface area contributed by atoms with Crippen LogP contribution in [0, 0.1) is 25.7 Å². The molecule has 0 saturated carbocycles. The number of ether oxygens (including phenoxy) is 2. The number of ketones is 2. The molecule has 0 atom stereocenters. The SMILES string of the molecule is Cc1cc2c(c(O)c1-c1c(C)cc3c(c1O)/C(=C/NCCCN1CCOCC1)C(=O)C(O)=C3C(C)C)/C(=C/NCCCN1CCOCC1)C(=O)C(O)=C2C(C)C. The number of hydrogen-bond donors (Lipinski definition) is 6. The Hall–Kier alpha value is -4.62. The number of aliphatic hydroxyl groups excluding tert-OH is 2. The van der Waals surface area contributed by atoms with E-state index in [9.17, 15) is 30.0 Å². The highest BCUT2D eigenvalue weighted by molar-refractivity contribution is 6.35. The number of fused-ring (bicyclic) bond motifs is 2. The van der Waals surface area contributed by atoms with E-state index in [1.807, 2.05) is 53.7 Å². The molecule has 0 unspecified atom stereocenters. The third-order valence-electron chi connectivity index (χ3n) is 11.2. The van der Waals surface area contributed by atoms with Gasteiger partial charge in [-0.1, -0.05) is 39.8 Å². The van der Waals surface area contributed by atoms with E-state index in [1.165, 1.54) is 0 Å². The van der Waals surface area contributed by atoms with Gasteiger partial charge in [0.15, 0.2) is 11.5 Å². The van der Waals surface area contributed by atoms with Gasteiger partial charge in [-0.15, -0.1) is 0 Å². The first-order chi connectivity index (χ1) is 26.8. The fourth-order valence-corrected chi connectivity index (χ4v) is 8.44. The van der Waals surface area contributed by atoms with E-state index in [4.69, 9.17) is 9.47 Å². The predicted octanol–water partition coefficient (Wildman–Crippen LogP) is 5.70. The van der Waals surface area contributed by atoms with E-state index in [1.54, 1.807) is 12.4 Å². The Kier molecular flexibility index (Phi) is 12.9. The lowest BCUT2D eigenvalue weighted by Crippen LogP contribution is -2.37. The number of phenolic OH excluding ortho intramolecular Hbond substituents is 2. The normalized spacial score (nSPS) is 19.8. The van der Waals surface area contributed by atoms with E-state index in [0.29, 0.717) is 84.0 Å². The van der Waals surface area contributed by atoms with Crippen molar-refractivity contribution >= 4 is 33.9 Å². The number of hydrogen-bond acceptors (Lipinski definition) is 12. The second-order valence-corrected chi connectivity index (χ2v) is 15.8. The van der Waals surface area contributed by atoms with Crippen LogP contribution in [0.2, 0.25) is 0 Å². The molecule has 0 spiro atoms. The average molecular weight is 771 g/mol. The Bertz CT molecular complexity index is 1840. The highest BCUT2D eigenvalue weighted by Gasteiger charge is 2.38. The summed E-state index contributed by atoms with van der Waals surface area (Å²) in [6.45, 7) is 20.4. The fraction of sp³-hybridized carbons (Fsp3) is 0.500. The third kappa shape index (κ3) is 8.11. The van der Waals surface area contributed by atoms with Crippen molar-refractivity contribution in [1.82, 2.24) is 20.4 Å². The summed E-state index contributed by atoms with van der Waals surface area (Å²) in [6.07, 6.45) is 4.77. The second kappa shape index (κ2) is 17.7.